The maximum Gasteiger partial charge on any atom is 0.323 e. The van der Waals surface area contributed by atoms with Gasteiger partial charge >= 0.3 is 6.03 Å². The lowest BCUT2D eigenvalue weighted by molar-refractivity contribution is 0.100. The highest BCUT2D eigenvalue weighted by atomic mass is 16.2. The highest BCUT2D eigenvalue weighted by Gasteiger charge is 2.12. The number of amides is 3. The number of pyridine rings is 1. The summed E-state index contributed by atoms with van der Waals surface area (Å²) in [6.45, 7) is 0. The van der Waals surface area contributed by atoms with Gasteiger partial charge in [0.25, 0.3) is 11.5 Å². The van der Waals surface area contributed by atoms with Gasteiger partial charge in [-0.1, -0.05) is 30.3 Å². The number of aromatic nitrogens is 1. The average Bonchev–Trinajstić information content (AvgIpc) is 2.59. The van der Waals surface area contributed by atoms with E-state index in [-0.39, 0.29) is 11.1 Å². The molecule has 0 fully saturated rings. The van der Waals surface area contributed by atoms with Gasteiger partial charge in [-0.25, -0.2) is 4.79 Å². The Hall–Kier alpha value is -3.61. The molecule has 3 amide bonds. The third-order valence-electron chi connectivity index (χ3n) is 3.78. The van der Waals surface area contributed by atoms with Crippen LogP contribution in [0.3, 0.4) is 0 Å². The first-order valence-corrected chi connectivity index (χ1v) is 7.52. The first-order chi connectivity index (χ1) is 12.0. The number of nitrogens with two attached hydrogens (primary N) is 1. The summed E-state index contributed by atoms with van der Waals surface area (Å²) in [7, 11) is 1.61. The van der Waals surface area contributed by atoms with Gasteiger partial charge in [-0.3, -0.25) is 9.59 Å². The predicted octanol–water partition coefficient (Wildman–Crippen LogP) is 2.28. The molecule has 0 saturated heterocycles. The van der Waals surface area contributed by atoms with Crippen molar-refractivity contribution in [2.45, 2.75) is 0 Å². The molecule has 4 N–H and O–H groups in total. The van der Waals surface area contributed by atoms with Gasteiger partial charge < -0.3 is 20.9 Å². The second kappa shape index (κ2) is 6.48. The van der Waals surface area contributed by atoms with Crippen LogP contribution in [-0.4, -0.2) is 16.5 Å². The molecule has 0 aliphatic rings. The Morgan fingerprint density at radius 1 is 0.920 bits per heavy atom. The highest BCUT2D eigenvalue weighted by molar-refractivity contribution is 6.08. The smallest absolute Gasteiger partial charge is 0.323 e. The predicted molar refractivity (Wildman–Crippen MR) is 96.8 cm³/mol. The molecule has 3 rings (SSSR count). The molecule has 0 aliphatic carbocycles. The van der Waals surface area contributed by atoms with Gasteiger partial charge in [0.1, 0.15) is 0 Å². The number of aryl methyl sites for hydroxylation is 1. The number of benzene rings is 2. The molecule has 126 valence electrons. The molecule has 0 unspecified atom stereocenters. The lowest BCUT2D eigenvalue weighted by Gasteiger charge is -2.13. The topological polar surface area (TPSA) is 106 Å². The molecule has 7 nitrogen and oxygen atoms in total. The Morgan fingerprint density at radius 3 is 2.24 bits per heavy atom. The van der Waals surface area contributed by atoms with E-state index in [1.54, 1.807) is 55.7 Å². The molecule has 0 atom stereocenters. The number of urea groups is 1. The molecule has 1 heterocycles. The number of fused-ring (bicyclic) bond motifs is 1. The Balaban J connectivity index is 1.93. The minimum Gasteiger partial charge on any atom is -0.366 e. The van der Waals surface area contributed by atoms with Crippen LogP contribution in [0, 0.1) is 0 Å². The summed E-state index contributed by atoms with van der Waals surface area (Å²) in [5.41, 5.74) is 6.15. The molecular formula is C18H16N4O3. The number of carbonyl (C=O) groups excluding carboxylic acids is 2. The van der Waals surface area contributed by atoms with Gasteiger partial charge in [0, 0.05) is 24.0 Å². The van der Waals surface area contributed by atoms with Crippen molar-refractivity contribution >= 4 is 34.1 Å². The Kier molecular flexibility index (Phi) is 4.21. The number of primary amides is 1. The second-order valence-electron chi connectivity index (χ2n) is 5.49. The quantitative estimate of drug-likeness (QED) is 0.683. The zero-order valence-electron chi connectivity index (χ0n) is 13.4. The minimum absolute atomic E-state index is 0.152. The molecule has 0 radical (unpaired) electrons. The van der Waals surface area contributed by atoms with E-state index in [9.17, 15) is 14.4 Å². The van der Waals surface area contributed by atoms with Crippen LogP contribution in [-0.2, 0) is 7.05 Å². The number of hydrogen-bond donors (Lipinski definition) is 3. The molecule has 1 aromatic heterocycles. The molecule has 7 heteroatoms. The summed E-state index contributed by atoms with van der Waals surface area (Å²) in [5.74, 6) is -0.636. The summed E-state index contributed by atoms with van der Waals surface area (Å²) in [5, 5.41) is 6.44. The SMILES string of the molecule is Cn1cc(NC(=O)Nc2ccccc2C(N)=O)c2ccccc2c1=O. The van der Waals surface area contributed by atoms with E-state index in [1.807, 2.05) is 0 Å². The fourth-order valence-corrected chi connectivity index (χ4v) is 2.60. The molecule has 0 bridgehead atoms. The lowest BCUT2D eigenvalue weighted by atomic mass is 10.1. The van der Waals surface area contributed by atoms with Crippen LogP contribution < -0.4 is 21.9 Å². The fraction of sp³-hybridized carbons (Fsp3) is 0.0556. The maximum absolute atomic E-state index is 12.3. The number of carbonyl (C=O) groups is 2. The van der Waals surface area contributed by atoms with E-state index in [4.69, 9.17) is 5.73 Å². The Morgan fingerprint density at radius 2 is 1.52 bits per heavy atom. The maximum atomic E-state index is 12.3. The molecule has 0 aliphatic heterocycles. The Labute approximate surface area is 143 Å². The first-order valence-electron chi connectivity index (χ1n) is 7.52. The summed E-state index contributed by atoms with van der Waals surface area (Å²) < 4.78 is 1.40. The first kappa shape index (κ1) is 16.3. The number of nitrogens with one attached hydrogen (secondary N) is 2. The zero-order valence-corrected chi connectivity index (χ0v) is 13.4. The van der Waals surface area contributed by atoms with Gasteiger partial charge in [0.15, 0.2) is 0 Å². The molecule has 2 aromatic carbocycles. The number of nitrogens with zero attached hydrogens (tertiary/aromatic N) is 1. The van der Waals surface area contributed by atoms with Crippen LogP contribution in [0.4, 0.5) is 16.2 Å². The van der Waals surface area contributed by atoms with Crippen LogP contribution in [0.1, 0.15) is 10.4 Å². The number of para-hydroxylation sites is 1. The molecule has 0 spiro atoms. The average molecular weight is 336 g/mol. The van der Waals surface area contributed by atoms with E-state index in [1.165, 1.54) is 10.6 Å². The van der Waals surface area contributed by atoms with Gasteiger partial charge in [-0.2, -0.15) is 0 Å². The van der Waals surface area contributed by atoms with Crippen molar-refractivity contribution in [3.63, 3.8) is 0 Å². The van der Waals surface area contributed by atoms with Crippen LogP contribution >= 0.6 is 0 Å². The van der Waals surface area contributed by atoms with Crippen molar-refractivity contribution in [2.24, 2.45) is 12.8 Å². The van der Waals surface area contributed by atoms with E-state index in [0.717, 1.165) is 0 Å². The van der Waals surface area contributed by atoms with Crippen molar-refractivity contribution in [3.8, 4) is 0 Å². The molecule has 3 aromatic rings. The monoisotopic (exact) mass is 336 g/mol. The molecule has 0 saturated carbocycles. The van der Waals surface area contributed by atoms with Crippen LogP contribution in [0.15, 0.2) is 59.5 Å². The van der Waals surface area contributed by atoms with Crippen LogP contribution in [0.2, 0.25) is 0 Å². The standard InChI is InChI=1S/C18H16N4O3/c1-22-10-15(11-6-2-3-7-12(11)17(22)24)21-18(25)20-14-9-5-4-8-13(14)16(19)23/h2-10H,1H3,(H2,19,23)(H2,20,21,25). The second-order valence-corrected chi connectivity index (χ2v) is 5.49. The zero-order chi connectivity index (χ0) is 18.0. The van der Waals surface area contributed by atoms with Gasteiger partial charge in [0.05, 0.1) is 16.9 Å². The van der Waals surface area contributed by atoms with E-state index in [2.05, 4.69) is 10.6 Å². The number of rotatable bonds is 3. The number of hydrogen-bond acceptors (Lipinski definition) is 3. The van der Waals surface area contributed by atoms with Crippen LogP contribution in [0.5, 0.6) is 0 Å². The largest absolute Gasteiger partial charge is 0.366 e. The van der Waals surface area contributed by atoms with E-state index < -0.39 is 11.9 Å². The lowest BCUT2D eigenvalue weighted by Crippen LogP contribution is -2.24. The van der Waals surface area contributed by atoms with Gasteiger partial charge in [0.2, 0.25) is 0 Å². The van der Waals surface area contributed by atoms with Gasteiger partial charge in [-0.15, -0.1) is 0 Å². The summed E-state index contributed by atoms with van der Waals surface area (Å²) in [6, 6.07) is 12.9. The summed E-state index contributed by atoms with van der Waals surface area (Å²) >= 11 is 0. The van der Waals surface area contributed by atoms with Crippen molar-refractivity contribution in [2.75, 3.05) is 10.6 Å². The highest BCUT2D eigenvalue weighted by Crippen LogP contribution is 2.21. The Bertz CT molecular complexity index is 1040. The molecule has 25 heavy (non-hydrogen) atoms. The summed E-state index contributed by atoms with van der Waals surface area (Å²) in [4.78, 5) is 35.9. The fourth-order valence-electron chi connectivity index (χ4n) is 2.60. The number of anilines is 2. The van der Waals surface area contributed by atoms with E-state index >= 15 is 0 Å². The third-order valence-corrected chi connectivity index (χ3v) is 3.78. The normalized spacial score (nSPS) is 10.4. The molecular weight excluding hydrogens is 320 g/mol. The third kappa shape index (κ3) is 3.20. The van der Waals surface area contributed by atoms with Crippen molar-refractivity contribution in [1.29, 1.82) is 0 Å². The minimum atomic E-state index is -0.636. The summed E-state index contributed by atoms with van der Waals surface area (Å²) in [6.07, 6.45) is 1.55. The van der Waals surface area contributed by atoms with Crippen molar-refractivity contribution < 1.29 is 9.59 Å². The van der Waals surface area contributed by atoms with Crippen molar-refractivity contribution in [3.05, 3.63) is 70.6 Å². The van der Waals surface area contributed by atoms with Crippen LogP contribution in [0.25, 0.3) is 10.8 Å². The van der Waals surface area contributed by atoms with Gasteiger partial charge in [-0.05, 0) is 18.2 Å². The van der Waals surface area contributed by atoms with Crippen molar-refractivity contribution in [1.82, 2.24) is 4.57 Å². The van der Waals surface area contributed by atoms with E-state index in [0.29, 0.717) is 22.1 Å².